The molecule has 1 saturated carbocycles. The van der Waals surface area contributed by atoms with Gasteiger partial charge in [0.15, 0.2) is 0 Å². The maximum atomic E-state index is 12.5. The zero-order valence-electron chi connectivity index (χ0n) is 16.3. The van der Waals surface area contributed by atoms with Crippen LogP contribution in [0.2, 0.25) is 0 Å². The van der Waals surface area contributed by atoms with Crippen LogP contribution >= 0.6 is 0 Å². The van der Waals surface area contributed by atoms with Gasteiger partial charge < -0.3 is 15.0 Å². The number of carbonyl (C=O) groups excluding carboxylic acids is 2. The second kappa shape index (κ2) is 9.58. The van der Waals surface area contributed by atoms with Gasteiger partial charge >= 0.3 is 6.09 Å². The number of nitrogens with one attached hydrogen (secondary N) is 1. The lowest BCUT2D eigenvalue weighted by atomic mass is 9.88. The molecule has 6 heteroatoms. The third kappa shape index (κ3) is 5.12. The van der Waals surface area contributed by atoms with Crippen molar-refractivity contribution in [1.29, 1.82) is 0 Å². The van der Waals surface area contributed by atoms with Crippen LogP contribution in [0.1, 0.15) is 64.7 Å². The van der Waals surface area contributed by atoms with Crippen LogP contribution in [0.4, 0.5) is 4.79 Å². The SMILES string of the molecule is CCOC(=O)N1CCC(N2CCC[C@H](NC(=O)C3CCCCC3)C2)CC1. The number of rotatable bonds is 4. The number of ether oxygens (including phenoxy) is 1. The molecule has 0 bridgehead atoms. The van der Waals surface area contributed by atoms with Crippen molar-refractivity contribution in [2.24, 2.45) is 5.92 Å². The van der Waals surface area contributed by atoms with Crippen LogP contribution in [0, 0.1) is 5.92 Å². The van der Waals surface area contributed by atoms with Crippen LogP contribution in [0.5, 0.6) is 0 Å². The average molecular weight is 366 g/mol. The summed E-state index contributed by atoms with van der Waals surface area (Å²) in [6.07, 6.45) is 9.88. The Hall–Kier alpha value is -1.30. The molecule has 6 nitrogen and oxygen atoms in total. The molecule has 0 radical (unpaired) electrons. The summed E-state index contributed by atoms with van der Waals surface area (Å²) in [6, 6.07) is 0.816. The Morgan fingerprint density at radius 3 is 2.38 bits per heavy atom. The van der Waals surface area contributed by atoms with E-state index in [2.05, 4.69) is 10.2 Å². The van der Waals surface area contributed by atoms with Crippen molar-refractivity contribution in [3.63, 3.8) is 0 Å². The lowest BCUT2D eigenvalue weighted by molar-refractivity contribution is -0.127. The summed E-state index contributed by atoms with van der Waals surface area (Å²) in [4.78, 5) is 28.8. The van der Waals surface area contributed by atoms with Crippen LogP contribution in [0.25, 0.3) is 0 Å². The smallest absolute Gasteiger partial charge is 0.409 e. The third-order valence-corrected chi connectivity index (χ3v) is 6.28. The molecule has 26 heavy (non-hydrogen) atoms. The Morgan fingerprint density at radius 1 is 0.962 bits per heavy atom. The minimum absolute atomic E-state index is 0.179. The highest BCUT2D eigenvalue weighted by Gasteiger charge is 2.32. The number of likely N-dealkylation sites (tertiary alicyclic amines) is 2. The van der Waals surface area contributed by atoms with E-state index < -0.39 is 0 Å². The molecule has 0 aromatic carbocycles. The van der Waals surface area contributed by atoms with E-state index >= 15 is 0 Å². The predicted octanol–water partition coefficient (Wildman–Crippen LogP) is 2.77. The third-order valence-electron chi connectivity index (χ3n) is 6.28. The summed E-state index contributed by atoms with van der Waals surface area (Å²) >= 11 is 0. The monoisotopic (exact) mass is 365 g/mol. The summed E-state index contributed by atoms with van der Waals surface area (Å²) in [5, 5.41) is 3.34. The molecule has 2 heterocycles. The first-order valence-corrected chi connectivity index (χ1v) is 10.6. The van der Waals surface area contributed by atoms with Crippen LogP contribution in [-0.4, -0.2) is 66.7 Å². The molecule has 2 aliphatic heterocycles. The van der Waals surface area contributed by atoms with Crippen molar-refractivity contribution in [1.82, 2.24) is 15.1 Å². The number of hydrogen-bond acceptors (Lipinski definition) is 4. The summed E-state index contributed by atoms with van der Waals surface area (Å²) in [5.41, 5.74) is 0. The van der Waals surface area contributed by atoms with Gasteiger partial charge in [0.25, 0.3) is 0 Å². The minimum atomic E-state index is -0.179. The number of piperidine rings is 2. The van der Waals surface area contributed by atoms with E-state index in [9.17, 15) is 9.59 Å². The Balaban J connectivity index is 1.43. The van der Waals surface area contributed by atoms with E-state index in [0.717, 1.165) is 64.7 Å². The lowest BCUT2D eigenvalue weighted by Gasteiger charge is -2.42. The topological polar surface area (TPSA) is 61.9 Å². The molecule has 148 valence electrons. The second-order valence-corrected chi connectivity index (χ2v) is 8.09. The molecule has 0 unspecified atom stereocenters. The molecule has 1 atom stereocenters. The average Bonchev–Trinajstić information content (AvgIpc) is 2.69. The highest BCUT2D eigenvalue weighted by molar-refractivity contribution is 5.79. The quantitative estimate of drug-likeness (QED) is 0.832. The van der Waals surface area contributed by atoms with Crippen molar-refractivity contribution < 1.29 is 14.3 Å². The van der Waals surface area contributed by atoms with Crippen molar-refractivity contribution >= 4 is 12.0 Å². The van der Waals surface area contributed by atoms with Gasteiger partial charge in [-0.15, -0.1) is 0 Å². The van der Waals surface area contributed by atoms with E-state index in [1.54, 1.807) is 0 Å². The summed E-state index contributed by atoms with van der Waals surface area (Å²) in [6.45, 7) is 5.91. The van der Waals surface area contributed by atoms with Gasteiger partial charge in [-0.3, -0.25) is 9.69 Å². The van der Waals surface area contributed by atoms with Crippen molar-refractivity contribution in [3.05, 3.63) is 0 Å². The molecule has 0 aromatic heterocycles. The van der Waals surface area contributed by atoms with Gasteiger partial charge in [-0.1, -0.05) is 19.3 Å². The highest BCUT2D eigenvalue weighted by Crippen LogP contribution is 2.25. The van der Waals surface area contributed by atoms with Gasteiger partial charge in [0.2, 0.25) is 5.91 Å². The Bertz CT molecular complexity index is 471. The summed E-state index contributed by atoms with van der Waals surface area (Å²) < 4.78 is 5.11. The molecule has 0 aromatic rings. The van der Waals surface area contributed by atoms with E-state index in [1.165, 1.54) is 19.3 Å². The largest absolute Gasteiger partial charge is 0.450 e. The minimum Gasteiger partial charge on any atom is -0.450 e. The first-order valence-electron chi connectivity index (χ1n) is 10.6. The zero-order valence-corrected chi connectivity index (χ0v) is 16.3. The Morgan fingerprint density at radius 2 is 1.69 bits per heavy atom. The number of amides is 2. The van der Waals surface area contributed by atoms with Crippen molar-refractivity contribution in [2.75, 3.05) is 32.8 Å². The predicted molar refractivity (Wildman–Crippen MR) is 101 cm³/mol. The standard InChI is InChI=1S/C20H35N3O3/c1-2-26-20(25)22-13-10-18(11-14-22)23-12-6-9-17(15-23)21-19(24)16-7-4-3-5-8-16/h16-18H,2-15H2,1H3,(H,21,24)/t17-/m0/s1. The van der Waals surface area contributed by atoms with Crippen molar-refractivity contribution in [2.45, 2.75) is 76.8 Å². The maximum absolute atomic E-state index is 12.5. The van der Waals surface area contributed by atoms with Gasteiger partial charge in [-0.05, 0) is 52.0 Å². The van der Waals surface area contributed by atoms with Crippen LogP contribution in [0.3, 0.4) is 0 Å². The Kier molecular flexibility index (Phi) is 7.17. The fourth-order valence-electron chi connectivity index (χ4n) is 4.77. The molecule has 0 spiro atoms. The van der Waals surface area contributed by atoms with E-state index in [-0.39, 0.29) is 17.9 Å². The molecule has 1 N–H and O–H groups in total. The summed E-state index contributed by atoms with van der Waals surface area (Å²) in [7, 11) is 0. The van der Waals surface area contributed by atoms with Gasteiger partial charge in [0, 0.05) is 37.6 Å². The molecule has 3 fully saturated rings. The van der Waals surface area contributed by atoms with Gasteiger partial charge in [0.05, 0.1) is 6.61 Å². The molecular weight excluding hydrogens is 330 g/mol. The van der Waals surface area contributed by atoms with Gasteiger partial charge in [-0.25, -0.2) is 4.79 Å². The van der Waals surface area contributed by atoms with Gasteiger partial charge in [-0.2, -0.15) is 0 Å². The fourth-order valence-corrected chi connectivity index (χ4v) is 4.77. The second-order valence-electron chi connectivity index (χ2n) is 8.09. The van der Waals surface area contributed by atoms with E-state index in [0.29, 0.717) is 18.7 Å². The molecule has 1 aliphatic carbocycles. The van der Waals surface area contributed by atoms with E-state index in [1.807, 2.05) is 11.8 Å². The van der Waals surface area contributed by atoms with Gasteiger partial charge in [0.1, 0.15) is 0 Å². The Labute approximate surface area is 157 Å². The van der Waals surface area contributed by atoms with Crippen LogP contribution in [-0.2, 0) is 9.53 Å². The number of hydrogen-bond donors (Lipinski definition) is 1. The normalized spacial score (nSPS) is 26.5. The molecule has 2 amide bonds. The molecule has 2 saturated heterocycles. The highest BCUT2D eigenvalue weighted by atomic mass is 16.6. The van der Waals surface area contributed by atoms with E-state index in [4.69, 9.17) is 4.74 Å². The summed E-state index contributed by atoms with van der Waals surface area (Å²) in [5.74, 6) is 0.528. The maximum Gasteiger partial charge on any atom is 0.409 e. The van der Waals surface area contributed by atoms with Crippen LogP contribution in [0.15, 0.2) is 0 Å². The first-order chi connectivity index (χ1) is 12.7. The van der Waals surface area contributed by atoms with Crippen molar-refractivity contribution in [3.8, 4) is 0 Å². The molecule has 3 aliphatic rings. The van der Waals surface area contributed by atoms with Crippen LogP contribution < -0.4 is 5.32 Å². The number of nitrogens with zero attached hydrogens (tertiary/aromatic N) is 2. The molecule has 3 rings (SSSR count). The fraction of sp³-hybridized carbons (Fsp3) is 0.900. The number of carbonyl (C=O) groups is 2. The zero-order chi connectivity index (χ0) is 18.4. The lowest BCUT2D eigenvalue weighted by Crippen LogP contribution is -2.54. The first kappa shape index (κ1) is 19.5. The molecular formula is C20H35N3O3.